The molecule has 0 radical (unpaired) electrons. The van der Waals surface area contributed by atoms with Gasteiger partial charge in [-0.15, -0.1) is 0 Å². The van der Waals surface area contributed by atoms with Crippen LogP contribution in [0.2, 0.25) is 0 Å². The lowest BCUT2D eigenvalue weighted by atomic mass is 9.99. The zero-order valence-corrected chi connectivity index (χ0v) is 15.5. The summed E-state index contributed by atoms with van der Waals surface area (Å²) in [6.07, 6.45) is 0.559. The first kappa shape index (κ1) is 18.2. The van der Waals surface area contributed by atoms with Gasteiger partial charge >= 0.3 is 0 Å². The Morgan fingerprint density at radius 3 is 2.12 bits per heavy atom. The molecule has 2 amide bonds. The van der Waals surface area contributed by atoms with Crippen LogP contribution in [-0.4, -0.2) is 40.7 Å². The second-order valence-corrected chi connectivity index (χ2v) is 7.14. The first-order chi connectivity index (χ1) is 12.6. The summed E-state index contributed by atoms with van der Waals surface area (Å²) < 4.78 is 0. The number of amides is 2. The fraction of sp³-hybridized carbons (Fsp3) is 0.364. The van der Waals surface area contributed by atoms with Gasteiger partial charge in [-0.05, 0) is 11.1 Å². The Hall–Kier alpha value is -2.62. The van der Waals surface area contributed by atoms with Crippen LogP contribution in [0.25, 0.3) is 0 Å². The SMILES string of the molecule is CC(C)C(=O)N1CCN(Cc2ccccc2)C(=O)[C@H]1Cc1ccccc1. The number of carbonyl (C=O) groups is 2. The predicted octanol–water partition coefficient (Wildman–Crippen LogP) is 3.12. The topological polar surface area (TPSA) is 40.6 Å². The second kappa shape index (κ2) is 8.17. The predicted molar refractivity (Wildman–Crippen MR) is 102 cm³/mol. The molecule has 4 nitrogen and oxygen atoms in total. The van der Waals surface area contributed by atoms with Crippen molar-refractivity contribution in [1.29, 1.82) is 0 Å². The minimum atomic E-state index is -0.426. The summed E-state index contributed by atoms with van der Waals surface area (Å²) in [4.78, 5) is 29.5. The summed E-state index contributed by atoms with van der Waals surface area (Å²) in [7, 11) is 0. The summed E-state index contributed by atoms with van der Waals surface area (Å²) in [5, 5.41) is 0. The minimum absolute atomic E-state index is 0.0398. The normalized spacial score (nSPS) is 17.7. The third kappa shape index (κ3) is 4.13. The molecule has 2 aromatic rings. The zero-order chi connectivity index (χ0) is 18.5. The number of hydrogen-bond donors (Lipinski definition) is 0. The highest BCUT2D eigenvalue weighted by Crippen LogP contribution is 2.20. The van der Waals surface area contributed by atoms with Gasteiger partial charge in [-0.1, -0.05) is 74.5 Å². The second-order valence-electron chi connectivity index (χ2n) is 7.14. The maximum absolute atomic E-state index is 13.2. The lowest BCUT2D eigenvalue weighted by Gasteiger charge is -2.41. The Bertz CT molecular complexity index is 743. The van der Waals surface area contributed by atoms with Crippen LogP contribution in [0, 0.1) is 5.92 Å². The Kier molecular flexibility index (Phi) is 5.71. The molecule has 1 fully saturated rings. The minimum Gasteiger partial charge on any atom is -0.335 e. The highest BCUT2D eigenvalue weighted by molar-refractivity contribution is 5.89. The van der Waals surface area contributed by atoms with Crippen molar-refractivity contribution in [1.82, 2.24) is 9.80 Å². The van der Waals surface area contributed by atoms with E-state index in [9.17, 15) is 9.59 Å². The summed E-state index contributed by atoms with van der Waals surface area (Å²) >= 11 is 0. The van der Waals surface area contributed by atoms with E-state index in [-0.39, 0.29) is 17.7 Å². The average Bonchev–Trinajstić information content (AvgIpc) is 2.66. The molecule has 0 aliphatic carbocycles. The maximum Gasteiger partial charge on any atom is 0.246 e. The summed E-state index contributed by atoms with van der Waals surface area (Å²) in [6, 6.07) is 19.5. The molecule has 1 heterocycles. The molecule has 1 aliphatic heterocycles. The van der Waals surface area contributed by atoms with E-state index < -0.39 is 6.04 Å². The lowest BCUT2D eigenvalue weighted by molar-refractivity contribution is -0.153. The van der Waals surface area contributed by atoms with E-state index >= 15 is 0 Å². The summed E-state index contributed by atoms with van der Waals surface area (Å²) in [5.41, 5.74) is 2.19. The number of carbonyl (C=O) groups excluding carboxylic acids is 2. The average molecular weight is 350 g/mol. The van der Waals surface area contributed by atoms with E-state index in [0.717, 1.165) is 11.1 Å². The Balaban J connectivity index is 1.82. The Morgan fingerprint density at radius 1 is 0.962 bits per heavy atom. The summed E-state index contributed by atoms with van der Waals surface area (Å²) in [6.45, 7) is 5.55. The highest BCUT2D eigenvalue weighted by atomic mass is 16.2. The number of hydrogen-bond acceptors (Lipinski definition) is 2. The number of rotatable bonds is 5. The molecule has 0 unspecified atom stereocenters. The van der Waals surface area contributed by atoms with Crippen LogP contribution in [0.5, 0.6) is 0 Å². The Morgan fingerprint density at radius 2 is 1.54 bits per heavy atom. The highest BCUT2D eigenvalue weighted by Gasteiger charge is 2.37. The number of piperazine rings is 1. The number of benzene rings is 2. The lowest BCUT2D eigenvalue weighted by Crippen LogP contribution is -2.59. The molecule has 1 aliphatic rings. The molecule has 3 rings (SSSR count). The maximum atomic E-state index is 13.2. The van der Waals surface area contributed by atoms with Crippen LogP contribution >= 0.6 is 0 Å². The van der Waals surface area contributed by atoms with Gasteiger partial charge in [-0.3, -0.25) is 9.59 Å². The first-order valence-electron chi connectivity index (χ1n) is 9.23. The standard InChI is InChI=1S/C22H26N2O2/c1-17(2)21(25)24-14-13-23(16-19-11-7-4-8-12-19)22(26)20(24)15-18-9-5-3-6-10-18/h3-12,17,20H,13-16H2,1-2H3/t20-/m1/s1. The largest absolute Gasteiger partial charge is 0.335 e. The zero-order valence-electron chi connectivity index (χ0n) is 15.5. The molecular weight excluding hydrogens is 324 g/mol. The van der Waals surface area contributed by atoms with Gasteiger partial charge in [-0.2, -0.15) is 0 Å². The van der Waals surface area contributed by atoms with Gasteiger partial charge in [0.25, 0.3) is 0 Å². The monoisotopic (exact) mass is 350 g/mol. The van der Waals surface area contributed by atoms with E-state index in [4.69, 9.17) is 0 Å². The summed E-state index contributed by atoms with van der Waals surface area (Å²) in [5.74, 6) is -0.0154. The third-order valence-corrected chi connectivity index (χ3v) is 4.85. The molecule has 0 aromatic heterocycles. The fourth-order valence-corrected chi connectivity index (χ4v) is 3.43. The molecule has 26 heavy (non-hydrogen) atoms. The molecule has 0 spiro atoms. The van der Waals surface area contributed by atoms with E-state index in [1.54, 1.807) is 4.90 Å². The fourth-order valence-electron chi connectivity index (χ4n) is 3.43. The quantitative estimate of drug-likeness (QED) is 0.831. The first-order valence-corrected chi connectivity index (χ1v) is 9.23. The van der Waals surface area contributed by atoms with E-state index in [0.29, 0.717) is 26.1 Å². The van der Waals surface area contributed by atoms with E-state index in [1.807, 2.05) is 79.4 Å². The van der Waals surface area contributed by atoms with Crippen LogP contribution in [-0.2, 0) is 22.6 Å². The van der Waals surface area contributed by atoms with Gasteiger partial charge in [0.05, 0.1) is 0 Å². The molecule has 1 atom stereocenters. The van der Waals surface area contributed by atoms with Gasteiger partial charge in [-0.25, -0.2) is 0 Å². The van der Waals surface area contributed by atoms with Crippen molar-refractivity contribution < 1.29 is 9.59 Å². The molecule has 0 saturated carbocycles. The molecular formula is C22H26N2O2. The van der Waals surface area contributed by atoms with Crippen molar-refractivity contribution in [2.75, 3.05) is 13.1 Å². The smallest absolute Gasteiger partial charge is 0.246 e. The van der Waals surface area contributed by atoms with Crippen LogP contribution in [0.3, 0.4) is 0 Å². The van der Waals surface area contributed by atoms with Crippen LogP contribution in [0.4, 0.5) is 0 Å². The van der Waals surface area contributed by atoms with Crippen molar-refractivity contribution >= 4 is 11.8 Å². The van der Waals surface area contributed by atoms with Crippen LogP contribution < -0.4 is 0 Å². The molecule has 0 N–H and O–H groups in total. The van der Waals surface area contributed by atoms with E-state index in [2.05, 4.69) is 0 Å². The molecule has 1 saturated heterocycles. The van der Waals surface area contributed by atoms with Crippen LogP contribution in [0.1, 0.15) is 25.0 Å². The van der Waals surface area contributed by atoms with Gasteiger partial charge in [0.1, 0.15) is 6.04 Å². The van der Waals surface area contributed by atoms with Crippen molar-refractivity contribution in [2.45, 2.75) is 32.9 Å². The van der Waals surface area contributed by atoms with Crippen molar-refractivity contribution in [3.63, 3.8) is 0 Å². The Labute approximate surface area is 155 Å². The van der Waals surface area contributed by atoms with Crippen molar-refractivity contribution in [3.8, 4) is 0 Å². The molecule has 2 aromatic carbocycles. The van der Waals surface area contributed by atoms with Gasteiger partial charge in [0.2, 0.25) is 11.8 Å². The van der Waals surface area contributed by atoms with Crippen molar-refractivity contribution in [3.05, 3.63) is 71.8 Å². The van der Waals surface area contributed by atoms with Gasteiger partial charge in [0, 0.05) is 32.0 Å². The molecule has 4 heteroatoms. The molecule has 0 bridgehead atoms. The van der Waals surface area contributed by atoms with E-state index in [1.165, 1.54) is 0 Å². The van der Waals surface area contributed by atoms with Crippen LogP contribution in [0.15, 0.2) is 60.7 Å². The van der Waals surface area contributed by atoms with Gasteiger partial charge < -0.3 is 9.80 Å². The van der Waals surface area contributed by atoms with Gasteiger partial charge in [0.15, 0.2) is 0 Å². The number of nitrogens with zero attached hydrogens (tertiary/aromatic N) is 2. The van der Waals surface area contributed by atoms with Crippen molar-refractivity contribution in [2.24, 2.45) is 5.92 Å². The third-order valence-electron chi connectivity index (χ3n) is 4.85. The molecule has 136 valence electrons.